The van der Waals surface area contributed by atoms with Gasteiger partial charge in [-0.15, -0.1) is 20.4 Å². The number of aromatic nitrogens is 6. The van der Waals surface area contributed by atoms with Crippen LogP contribution < -0.4 is 0 Å². The first-order valence-electron chi connectivity index (χ1n) is 8.33. The number of nitrogens with zero attached hydrogens (tertiary/aromatic N) is 6. The SMILES string of the molecule is CC(CC(C#N)CC(C)c1nnc(-c2ccccc2O)o1)c1nn[nH]n1. The number of para-hydroxylation sites is 1. The summed E-state index contributed by atoms with van der Waals surface area (Å²) >= 11 is 0. The fourth-order valence-electron chi connectivity index (χ4n) is 2.84. The van der Waals surface area contributed by atoms with E-state index in [1.54, 1.807) is 24.3 Å². The number of rotatable bonds is 7. The Morgan fingerprint density at radius 2 is 1.92 bits per heavy atom. The van der Waals surface area contributed by atoms with Crippen LogP contribution in [0.1, 0.15) is 50.2 Å². The average Bonchev–Trinajstić information content (AvgIpc) is 3.33. The molecule has 2 heterocycles. The van der Waals surface area contributed by atoms with E-state index in [1.165, 1.54) is 0 Å². The third-order valence-electron chi connectivity index (χ3n) is 4.26. The number of aromatic amines is 1. The Hall–Kier alpha value is -3.28. The summed E-state index contributed by atoms with van der Waals surface area (Å²) in [6, 6.07) is 9.11. The van der Waals surface area contributed by atoms with Gasteiger partial charge < -0.3 is 9.52 Å². The molecule has 2 N–H and O–H groups in total. The molecule has 2 aromatic heterocycles. The van der Waals surface area contributed by atoms with Gasteiger partial charge in [0.1, 0.15) is 5.75 Å². The van der Waals surface area contributed by atoms with Crippen LogP contribution in [0.15, 0.2) is 28.7 Å². The minimum absolute atomic E-state index is 0.0186. The lowest BCUT2D eigenvalue weighted by Gasteiger charge is -2.15. The molecule has 9 nitrogen and oxygen atoms in total. The first kappa shape index (κ1) is 17.5. The van der Waals surface area contributed by atoms with Crippen molar-refractivity contribution in [2.75, 3.05) is 0 Å². The zero-order chi connectivity index (χ0) is 18.5. The molecule has 3 aromatic rings. The summed E-state index contributed by atoms with van der Waals surface area (Å²) in [4.78, 5) is 0. The van der Waals surface area contributed by atoms with E-state index >= 15 is 0 Å². The number of phenolic OH excluding ortho intramolecular Hbond substituents is 1. The number of hydrogen-bond acceptors (Lipinski definition) is 8. The van der Waals surface area contributed by atoms with Gasteiger partial charge in [0.15, 0.2) is 5.82 Å². The van der Waals surface area contributed by atoms with Crippen LogP contribution in [0.5, 0.6) is 5.75 Å². The summed E-state index contributed by atoms with van der Waals surface area (Å²) in [5.41, 5.74) is 0.487. The Labute approximate surface area is 150 Å². The molecule has 0 saturated heterocycles. The van der Waals surface area contributed by atoms with Crippen molar-refractivity contribution in [3.8, 4) is 23.3 Å². The van der Waals surface area contributed by atoms with Gasteiger partial charge in [0, 0.05) is 17.8 Å². The number of tetrazole rings is 1. The van der Waals surface area contributed by atoms with Crippen LogP contribution in [0, 0.1) is 17.2 Å². The van der Waals surface area contributed by atoms with Gasteiger partial charge in [-0.05, 0) is 25.0 Å². The van der Waals surface area contributed by atoms with E-state index in [-0.39, 0.29) is 29.4 Å². The molecule has 0 saturated carbocycles. The highest BCUT2D eigenvalue weighted by molar-refractivity contribution is 5.61. The van der Waals surface area contributed by atoms with E-state index in [4.69, 9.17) is 4.42 Å². The molecule has 3 atom stereocenters. The van der Waals surface area contributed by atoms with Crippen LogP contribution in [-0.2, 0) is 0 Å². The topological polar surface area (TPSA) is 137 Å². The predicted molar refractivity (Wildman–Crippen MR) is 90.7 cm³/mol. The van der Waals surface area contributed by atoms with E-state index in [1.807, 2.05) is 13.8 Å². The Morgan fingerprint density at radius 3 is 2.62 bits per heavy atom. The molecule has 0 spiro atoms. The highest BCUT2D eigenvalue weighted by Gasteiger charge is 2.23. The summed E-state index contributed by atoms with van der Waals surface area (Å²) in [5.74, 6) is 1.10. The highest BCUT2D eigenvalue weighted by Crippen LogP contribution is 2.32. The van der Waals surface area contributed by atoms with E-state index in [2.05, 4.69) is 36.9 Å². The van der Waals surface area contributed by atoms with Gasteiger partial charge in [-0.2, -0.15) is 10.5 Å². The van der Waals surface area contributed by atoms with Gasteiger partial charge in [0.2, 0.25) is 5.89 Å². The van der Waals surface area contributed by atoms with Crippen molar-refractivity contribution in [3.05, 3.63) is 36.0 Å². The zero-order valence-corrected chi connectivity index (χ0v) is 14.5. The maximum absolute atomic E-state index is 9.89. The van der Waals surface area contributed by atoms with Gasteiger partial charge in [0.05, 0.1) is 11.6 Å². The first-order valence-corrected chi connectivity index (χ1v) is 8.33. The molecule has 0 amide bonds. The van der Waals surface area contributed by atoms with Crippen LogP contribution in [-0.4, -0.2) is 35.9 Å². The van der Waals surface area contributed by atoms with Gasteiger partial charge in [-0.25, -0.2) is 0 Å². The fraction of sp³-hybridized carbons (Fsp3) is 0.412. The van der Waals surface area contributed by atoms with E-state index in [0.717, 1.165) is 0 Å². The Morgan fingerprint density at radius 1 is 1.15 bits per heavy atom. The third kappa shape index (κ3) is 3.85. The standard InChI is InChI=1S/C17H19N7O2/c1-10(15-19-23-24-20-15)7-12(9-18)8-11(2)16-21-22-17(26-16)13-5-3-4-6-14(13)25/h3-6,10-12,25H,7-8H2,1-2H3,(H,19,20,23,24). The monoisotopic (exact) mass is 353 g/mol. The molecular formula is C17H19N7O2. The van der Waals surface area contributed by atoms with Crippen LogP contribution in [0.25, 0.3) is 11.5 Å². The van der Waals surface area contributed by atoms with Gasteiger partial charge in [-0.1, -0.05) is 31.2 Å². The second kappa shape index (κ2) is 7.74. The number of hydrogen-bond donors (Lipinski definition) is 2. The lowest BCUT2D eigenvalue weighted by atomic mass is 9.89. The van der Waals surface area contributed by atoms with Crippen LogP contribution in [0.2, 0.25) is 0 Å². The van der Waals surface area contributed by atoms with Crippen molar-refractivity contribution in [3.63, 3.8) is 0 Å². The lowest BCUT2D eigenvalue weighted by molar-refractivity contribution is 0.401. The number of nitrogens with one attached hydrogen (secondary N) is 1. The minimum Gasteiger partial charge on any atom is -0.507 e. The Kier molecular flexibility index (Phi) is 5.22. The van der Waals surface area contributed by atoms with Crippen molar-refractivity contribution >= 4 is 0 Å². The summed E-state index contributed by atoms with van der Waals surface area (Å²) < 4.78 is 5.70. The smallest absolute Gasteiger partial charge is 0.251 e. The molecule has 0 radical (unpaired) electrons. The van der Waals surface area contributed by atoms with Crippen molar-refractivity contribution < 1.29 is 9.52 Å². The molecule has 0 bridgehead atoms. The second-order valence-corrected chi connectivity index (χ2v) is 6.33. The molecule has 3 rings (SSSR count). The van der Waals surface area contributed by atoms with Crippen LogP contribution >= 0.6 is 0 Å². The summed E-state index contributed by atoms with van der Waals surface area (Å²) in [7, 11) is 0. The molecule has 0 aliphatic carbocycles. The normalized spacial score (nSPS) is 14.5. The number of benzene rings is 1. The fourth-order valence-corrected chi connectivity index (χ4v) is 2.84. The number of aromatic hydroxyl groups is 1. The number of phenols is 1. The Bertz CT molecular complexity index is 885. The molecule has 26 heavy (non-hydrogen) atoms. The molecule has 9 heteroatoms. The zero-order valence-electron chi connectivity index (χ0n) is 14.5. The molecule has 1 aromatic carbocycles. The molecule has 0 aliphatic rings. The number of nitriles is 1. The summed E-state index contributed by atoms with van der Waals surface area (Å²) in [5, 5.41) is 41.4. The molecule has 3 unspecified atom stereocenters. The van der Waals surface area contributed by atoms with Crippen molar-refractivity contribution in [1.82, 2.24) is 30.8 Å². The predicted octanol–water partition coefficient (Wildman–Crippen LogP) is 2.78. The highest BCUT2D eigenvalue weighted by atomic mass is 16.4. The van der Waals surface area contributed by atoms with Crippen molar-refractivity contribution in [1.29, 1.82) is 5.26 Å². The van der Waals surface area contributed by atoms with Crippen LogP contribution in [0.4, 0.5) is 0 Å². The molecular weight excluding hydrogens is 334 g/mol. The van der Waals surface area contributed by atoms with E-state index in [9.17, 15) is 10.4 Å². The van der Waals surface area contributed by atoms with Crippen LogP contribution in [0.3, 0.4) is 0 Å². The van der Waals surface area contributed by atoms with Gasteiger partial charge >= 0.3 is 0 Å². The van der Waals surface area contributed by atoms with E-state index < -0.39 is 0 Å². The Balaban J connectivity index is 1.66. The van der Waals surface area contributed by atoms with Gasteiger partial charge in [-0.3, -0.25) is 0 Å². The maximum atomic E-state index is 9.89. The molecule has 0 fully saturated rings. The quantitative estimate of drug-likeness (QED) is 0.661. The van der Waals surface area contributed by atoms with Crippen molar-refractivity contribution in [2.45, 2.75) is 38.5 Å². The lowest BCUT2D eigenvalue weighted by Crippen LogP contribution is -2.09. The minimum atomic E-state index is -0.209. The van der Waals surface area contributed by atoms with E-state index in [0.29, 0.717) is 30.1 Å². The summed E-state index contributed by atoms with van der Waals surface area (Å²) in [6.07, 6.45) is 1.18. The maximum Gasteiger partial charge on any atom is 0.251 e. The summed E-state index contributed by atoms with van der Waals surface area (Å²) in [6.45, 7) is 3.90. The van der Waals surface area contributed by atoms with Crippen molar-refractivity contribution in [2.24, 2.45) is 5.92 Å². The largest absolute Gasteiger partial charge is 0.507 e. The first-order chi connectivity index (χ1) is 12.6. The average molecular weight is 353 g/mol. The number of H-pyrrole nitrogens is 1. The van der Waals surface area contributed by atoms with Gasteiger partial charge in [0.25, 0.3) is 5.89 Å². The third-order valence-corrected chi connectivity index (χ3v) is 4.26. The molecule has 134 valence electrons. The molecule has 0 aliphatic heterocycles. The second-order valence-electron chi connectivity index (χ2n) is 6.33.